The number of furan rings is 1. The van der Waals surface area contributed by atoms with Crippen molar-refractivity contribution in [1.82, 2.24) is 5.43 Å². The largest absolute Gasteiger partial charge is 0.448 e. The predicted molar refractivity (Wildman–Crippen MR) is 99.9 cm³/mol. The number of nitrogens with one attached hydrogen (secondary N) is 1. The van der Waals surface area contributed by atoms with E-state index in [-0.39, 0.29) is 18.1 Å². The van der Waals surface area contributed by atoms with Crippen molar-refractivity contribution in [2.24, 2.45) is 5.10 Å². The Hall–Kier alpha value is -2.86. The highest BCUT2D eigenvalue weighted by Gasteiger charge is 2.04. The van der Waals surface area contributed by atoms with E-state index in [1.807, 2.05) is 37.3 Å². The Kier molecular flexibility index (Phi) is 5.86. The number of hydrazone groups is 1. The van der Waals surface area contributed by atoms with Crippen LogP contribution >= 0.6 is 11.8 Å². The quantitative estimate of drug-likeness (QED) is 0.512. The van der Waals surface area contributed by atoms with Crippen molar-refractivity contribution in [3.8, 4) is 0 Å². The van der Waals surface area contributed by atoms with Crippen molar-refractivity contribution < 1.29 is 13.6 Å². The van der Waals surface area contributed by atoms with Gasteiger partial charge in [0.2, 0.25) is 5.91 Å². The molecule has 0 aliphatic carbocycles. The third kappa shape index (κ3) is 5.32. The number of benzene rings is 2. The maximum Gasteiger partial charge on any atom is 0.244 e. The number of carbonyl (C=O) groups excluding carboxylic acids is 1. The molecule has 0 spiro atoms. The monoisotopic (exact) mass is 368 g/mol. The van der Waals surface area contributed by atoms with Crippen molar-refractivity contribution in [3.05, 3.63) is 83.4 Å². The highest BCUT2D eigenvalue weighted by molar-refractivity contribution is 7.99. The molecule has 1 aromatic heterocycles. The van der Waals surface area contributed by atoms with Gasteiger partial charge in [-0.15, -0.1) is 0 Å². The van der Waals surface area contributed by atoms with E-state index in [0.717, 1.165) is 9.99 Å². The van der Waals surface area contributed by atoms with Crippen LogP contribution in [0.5, 0.6) is 0 Å². The molecule has 1 heterocycles. The SMILES string of the molecule is Cc1ccc(Sc2ccc(/C=N/NC(=O)Cc3ccc(F)cc3)o2)cc1. The van der Waals surface area contributed by atoms with Gasteiger partial charge in [0.15, 0.2) is 5.09 Å². The second kappa shape index (κ2) is 8.49. The standard InChI is InChI=1S/C20H17FN2O2S/c1-14-2-9-18(10-3-14)26-20-11-8-17(25-20)13-22-23-19(24)12-15-4-6-16(21)7-5-15/h2-11,13H,12H2,1H3,(H,23,24)/b22-13+. The smallest absolute Gasteiger partial charge is 0.244 e. The van der Waals surface area contributed by atoms with Gasteiger partial charge in [-0.05, 0) is 48.9 Å². The molecule has 0 saturated carbocycles. The first-order valence-corrected chi connectivity index (χ1v) is 8.81. The average Bonchev–Trinajstić information content (AvgIpc) is 3.06. The zero-order chi connectivity index (χ0) is 18.4. The van der Waals surface area contributed by atoms with Gasteiger partial charge in [-0.2, -0.15) is 5.10 Å². The second-order valence-corrected chi connectivity index (χ2v) is 6.75. The van der Waals surface area contributed by atoms with E-state index < -0.39 is 0 Å². The van der Waals surface area contributed by atoms with E-state index in [0.29, 0.717) is 11.3 Å². The van der Waals surface area contributed by atoms with Gasteiger partial charge < -0.3 is 4.42 Å². The first kappa shape index (κ1) is 17.9. The van der Waals surface area contributed by atoms with Crippen molar-refractivity contribution >= 4 is 23.9 Å². The summed E-state index contributed by atoms with van der Waals surface area (Å²) in [6, 6.07) is 17.6. The molecule has 0 unspecified atom stereocenters. The second-order valence-electron chi connectivity index (χ2n) is 5.67. The first-order chi connectivity index (χ1) is 12.6. The summed E-state index contributed by atoms with van der Waals surface area (Å²) in [5.41, 5.74) is 4.35. The maximum absolute atomic E-state index is 12.8. The Balaban J connectivity index is 1.51. The van der Waals surface area contributed by atoms with Crippen molar-refractivity contribution in [3.63, 3.8) is 0 Å². The molecule has 1 amide bonds. The van der Waals surface area contributed by atoms with Crippen LogP contribution in [0.3, 0.4) is 0 Å². The molecule has 0 aliphatic rings. The molecule has 1 N–H and O–H groups in total. The molecule has 3 rings (SSSR count). The number of rotatable bonds is 6. The van der Waals surface area contributed by atoms with Crippen molar-refractivity contribution in [2.45, 2.75) is 23.3 Å². The van der Waals surface area contributed by atoms with Gasteiger partial charge in [0.25, 0.3) is 0 Å². The molecule has 0 fully saturated rings. The zero-order valence-corrected chi connectivity index (χ0v) is 14.9. The molecule has 0 radical (unpaired) electrons. The molecule has 0 bridgehead atoms. The van der Waals surface area contributed by atoms with Gasteiger partial charge in [0.05, 0.1) is 12.6 Å². The number of hydrogen-bond acceptors (Lipinski definition) is 4. The first-order valence-electron chi connectivity index (χ1n) is 7.99. The molecule has 26 heavy (non-hydrogen) atoms. The maximum atomic E-state index is 12.8. The summed E-state index contributed by atoms with van der Waals surface area (Å²) < 4.78 is 18.5. The van der Waals surface area contributed by atoms with Gasteiger partial charge in [-0.1, -0.05) is 41.6 Å². The van der Waals surface area contributed by atoms with E-state index in [2.05, 4.69) is 10.5 Å². The summed E-state index contributed by atoms with van der Waals surface area (Å²) in [7, 11) is 0. The number of amides is 1. The van der Waals surface area contributed by atoms with Crippen LogP contribution < -0.4 is 5.43 Å². The zero-order valence-electron chi connectivity index (χ0n) is 14.1. The molecule has 0 atom stereocenters. The van der Waals surface area contributed by atoms with Crippen LogP contribution in [-0.2, 0) is 11.2 Å². The lowest BCUT2D eigenvalue weighted by Gasteiger charge is -2.00. The summed E-state index contributed by atoms with van der Waals surface area (Å²) in [5.74, 6) is -0.0697. The highest BCUT2D eigenvalue weighted by Crippen LogP contribution is 2.28. The van der Waals surface area contributed by atoms with Crippen LogP contribution in [0.4, 0.5) is 4.39 Å². The number of nitrogens with zero attached hydrogens (tertiary/aromatic N) is 1. The van der Waals surface area contributed by atoms with E-state index in [1.54, 1.807) is 18.2 Å². The molecular weight excluding hydrogens is 351 g/mol. The lowest BCUT2D eigenvalue weighted by molar-refractivity contribution is -0.120. The Labute approximate surface area is 155 Å². The normalized spacial score (nSPS) is 11.0. The molecular formula is C20H17FN2O2S. The van der Waals surface area contributed by atoms with Crippen LogP contribution in [-0.4, -0.2) is 12.1 Å². The Morgan fingerprint density at radius 2 is 1.85 bits per heavy atom. The molecule has 3 aromatic rings. The van der Waals surface area contributed by atoms with Crippen LogP contribution in [0, 0.1) is 12.7 Å². The van der Waals surface area contributed by atoms with E-state index >= 15 is 0 Å². The van der Waals surface area contributed by atoms with Crippen molar-refractivity contribution in [1.29, 1.82) is 0 Å². The number of aryl methyl sites for hydroxylation is 1. The van der Waals surface area contributed by atoms with Gasteiger partial charge in [0.1, 0.15) is 11.6 Å². The lowest BCUT2D eigenvalue weighted by atomic mass is 10.1. The highest BCUT2D eigenvalue weighted by atomic mass is 32.2. The van der Waals surface area contributed by atoms with Crippen LogP contribution in [0.15, 0.2) is 80.2 Å². The summed E-state index contributed by atoms with van der Waals surface area (Å²) in [5, 5.41) is 4.63. The van der Waals surface area contributed by atoms with Crippen LogP contribution in [0.2, 0.25) is 0 Å². The Morgan fingerprint density at radius 3 is 2.58 bits per heavy atom. The molecule has 0 saturated heterocycles. The third-order valence-corrected chi connectivity index (χ3v) is 4.43. The molecule has 2 aromatic carbocycles. The van der Waals surface area contributed by atoms with Gasteiger partial charge in [-0.25, -0.2) is 9.82 Å². The summed E-state index contributed by atoms with van der Waals surface area (Å²) in [6.07, 6.45) is 1.58. The van der Waals surface area contributed by atoms with Gasteiger partial charge in [0, 0.05) is 4.90 Å². The summed E-state index contributed by atoms with van der Waals surface area (Å²) >= 11 is 1.51. The van der Waals surface area contributed by atoms with Gasteiger partial charge >= 0.3 is 0 Å². The van der Waals surface area contributed by atoms with E-state index in [4.69, 9.17) is 4.42 Å². The lowest BCUT2D eigenvalue weighted by Crippen LogP contribution is -2.19. The Bertz CT molecular complexity index is 902. The fourth-order valence-corrected chi connectivity index (χ4v) is 2.95. The Morgan fingerprint density at radius 1 is 1.12 bits per heavy atom. The average molecular weight is 368 g/mol. The third-order valence-electron chi connectivity index (χ3n) is 3.50. The van der Waals surface area contributed by atoms with Crippen LogP contribution in [0.1, 0.15) is 16.9 Å². The molecule has 6 heteroatoms. The van der Waals surface area contributed by atoms with Crippen LogP contribution in [0.25, 0.3) is 0 Å². The van der Waals surface area contributed by atoms with Crippen molar-refractivity contribution in [2.75, 3.05) is 0 Å². The number of carbonyl (C=O) groups is 1. The number of halogens is 1. The fourth-order valence-electron chi connectivity index (χ4n) is 2.18. The minimum Gasteiger partial charge on any atom is -0.448 e. The topological polar surface area (TPSA) is 54.6 Å². The molecule has 4 nitrogen and oxygen atoms in total. The predicted octanol–water partition coefficient (Wildman–Crippen LogP) is 4.57. The van der Waals surface area contributed by atoms with E-state index in [9.17, 15) is 9.18 Å². The minimum atomic E-state index is -0.329. The van der Waals surface area contributed by atoms with E-state index in [1.165, 1.54) is 35.7 Å². The minimum absolute atomic E-state index is 0.129. The fraction of sp³-hybridized carbons (Fsp3) is 0.100. The number of hydrogen-bond donors (Lipinski definition) is 1. The molecule has 0 aliphatic heterocycles. The summed E-state index contributed by atoms with van der Waals surface area (Å²) in [6.45, 7) is 2.04. The summed E-state index contributed by atoms with van der Waals surface area (Å²) in [4.78, 5) is 12.9. The molecule has 132 valence electrons. The van der Waals surface area contributed by atoms with Gasteiger partial charge in [-0.3, -0.25) is 4.79 Å².